The molecule has 4 rings (SSSR count). The molecule has 8 nitrogen and oxygen atoms in total. The van der Waals surface area contributed by atoms with Crippen molar-refractivity contribution in [3.05, 3.63) is 89.8 Å². The molecule has 0 aliphatic carbocycles. The van der Waals surface area contributed by atoms with E-state index in [4.69, 9.17) is 0 Å². The van der Waals surface area contributed by atoms with Crippen LogP contribution in [0.25, 0.3) is 0 Å². The van der Waals surface area contributed by atoms with Crippen LogP contribution in [0.2, 0.25) is 0 Å². The van der Waals surface area contributed by atoms with E-state index in [-0.39, 0.29) is 17.9 Å². The zero-order valence-electron chi connectivity index (χ0n) is 19.4. The summed E-state index contributed by atoms with van der Waals surface area (Å²) in [5, 5.41) is 3.00. The van der Waals surface area contributed by atoms with E-state index in [1.165, 1.54) is 6.20 Å². The van der Waals surface area contributed by atoms with Crippen molar-refractivity contribution in [3.63, 3.8) is 0 Å². The largest absolute Gasteiger partial charge is 0.354 e. The van der Waals surface area contributed by atoms with Gasteiger partial charge in [-0.1, -0.05) is 30.3 Å². The molecule has 1 saturated heterocycles. The Morgan fingerprint density at radius 3 is 2.56 bits per heavy atom. The topological polar surface area (TPSA) is 91.3 Å². The molecule has 0 radical (unpaired) electrons. The van der Waals surface area contributed by atoms with Gasteiger partial charge in [-0.25, -0.2) is 4.98 Å². The fourth-order valence-electron chi connectivity index (χ4n) is 4.22. The van der Waals surface area contributed by atoms with Gasteiger partial charge in [0.15, 0.2) is 0 Å². The lowest BCUT2D eigenvalue weighted by atomic mass is 10.00. The fraction of sp³-hybridized carbons (Fsp3) is 0.346. The highest BCUT2D eigenvalue weighted by Gasteiger charge is 2.26. The molecule has 0 saturated carbocycles. The summed E-state index contributed by atoms with van der Waals surface area (Å²) in [5.74, 6) is -0.195. The Hall–Kier alpha value is -3.65. The molecular formula is C26H30N6O2. The zero-order chi connectivity index (χ0) is 23.8. The molecule has 2 aromatic heterocycles. The summed E-state index contributed by atoms with van der Waals surface area (Å²) in [6.45, 7) is 4.66. The van der Waals surface area contributed by atoms with Gasteiger partial charge in [0.05, 0.1) is 11.9 Å². The van der Waals surface area contributed by atoms with Crippen LogP contribution in [0, 0.1) is 6.92 Å². The minimum atomic E-state index is -0.165. The molecule has 1 aliphatic rings. The summed E-state index contributed by atoms with van der Waals surface area (Å²) in [4.78, 5) is 42.7. The predicted molar refractivity (Wildman–Crippen MR) is 129 cm³/mol. The molecule has 8 heteroatoms. The Balaban J connectivity index is 1.57. The summed E-state index contributed by atoms with van der Waals surface area (Å²) >= 11 is 0. The van der Waals surface area contributed by atoms with E-state index in [9.17, 15) is 9.59 Å². The molecule has 2 amide bonds. The number of carbonyl (C=O) groups is 2. The van der Waals surface area contributed by atoms with Gasteiger partial charge in [-0.2, -0.15) is 0 Å². The molecule has 1 aromatic carbocycles. The second kappa shape index (κ2) is 11.5. The van der Waals surface area contributed by atoms with Crippen molar-refractivity contribution in [1.29, 1.82) is 0 Å². The van der Waals surface area contributed by atoms with Gasteiger partial charge in [0.25, 0.3) is 5.91 Å². The number of nitrogens with one attached hydrogen (secondary N) is 1. The van der Waals surface area contributed by atoms with Crippen LogP contribution in [-0.4, -0.2) is 62.7 Å². The van der Waals surface area contributed by atoms with E-state index >= 15 is 0 Å². The highest BCUT2D eigenvalue weighted by Crippen LogP contribution is 2.27. The second-order valence-corrected chi connectivity index (χ2v) is 8.50. The Labute approximate surface area is 200 Å². The van der Waals surface area contributed by atoms with Crippen LogP contribution < -0.4 is 5.32 Å². The van der Waals surface area contributed by atoms with Gasteiger partial charge in [-0.3, -0.25) is 24.5 Å². The van der Waals surface area contributed by atoms with Crippen LogP contribution in [0.3, 0.4) is 0 Å². The normalized spacial score (nSPS) is 18.1. The first-order valence-corrected chi connectivity index (χ1v) is 11.6. The monoisotopic (exact) mass is 458 g/mol. The average molecular weight is 459 g/mol. The molecule has 176 valence electrons. The summed E-state index contributed by atoms with van der Waals surface area (Å²) in [6.07, 6.45) is 7.81. The molecule has 1 atom stereocenters. The maximum atomic E-state index is 13.1. The highest BCUT2D eigenvalue weighted by molar-refractivity contribution is 5.92. The summed E-state index contributed by atoms with van der Waals surface area (Å²) < 4.78 is 0. The molecule has 0 bridgehead atoms. The van der Waals surface area contributed by atoms with Crippen LogP contribution in [0.4, 0.5) is 0 Å². The maximum absolute atomic E-state index is 13.1. The van der Waals surface area contributed by atoms with Crippen LogP contribution in [-0.2, 0) is 11.3 Å². The van der Waals surface area contributed by atoms with Crippen molar-refractivity contribution in [1.82, 2.24) is 30.1 Å². The smallest absolute Gasteiger partial charge is 0.274 e. The number of nitrogens with zero attached hydrogens (tertiary/aromatic N) is 5. The molecule has 1 aliphatic heterocycles. The van der Waals surface area contributed by atoms with Crippen molar-refractivity contribution < 1.29 is 9.59 Å². The molecule has 3 heterocycles. The fourth-order valence-corrected chi connectivity index (χ4v) is 4.22. The Kier molecular flexibility index (Phi) is 7.93. The number of aromatic nitrogens is 3. The molecule has 1 fully saturated rings. The van der Waals surface area contributed by atoms with Gasteiger partial charge in [-0.15, -0.1) is 0 Å². The van der Waals surface area contributed by atoms with Gasteiger partial charge in [-0.05, 0) is 36.6 Å². The average Bonchev–Trinajstić information content (AvgIpc) is 2.90. The van der Waals surface area contributed by atoms with E-state index in [1.807, 2.05) is 37.3 Å². The Morgan fingerprint density at radius 2 is 1.82 bits per heavy atom. The van der Waals surface area contributed by atoms with Crippen molar-refractivity contribution in [2.75, 3.05) is 26.2 Å². The quantitative estimate of drug-likeness (QED) is 0.647. The summed E-state index contributed by atoms with van der Waals surface area (Å²) in [5.41, 5.74) is 3.32. The first-order chi connectivity index (χ1) is 16.6. The minimum Gasteiger partial charge on any atom is -0.354 e. The Bertz CT molecular complexity index is 1080. The van der Waals surface area contributed by atoms with E-state index in [0.29, 0.717) is 38.3 Å². The number of rotatable bonds is 4. The lowest BCUT2D eigenvalue weighted by Crippen LogP contribution is -2.39. The number of hydrogen-bond acceptors (Lipinski definition) is 6. The second-order valence-electron chi connectivity index (χ2n) is 8.50. The SMILES string of the molecule is Cc1cnc(C(=O)N2CCCN(Cc3ccncc3)C(c3ccccc3)CC(=O)NCC2)cn1. The van der Waals surface area contributed by atoms with Crippen LogP contribution >= 0.6 is 0 Å². The molecule has 1 N–H and O–H groups in total. The molecule has 34 heavy (non-hydrogen) atoms. The first kappa shape index (κ1) is 23.5. The molecule has 3 aromatic rings. The molecular weight excluding hydrogens is 428 g/mol. The third-order valence-corrected chi connectivity index (χ3v) is 6.00. The number of aryl methyl sites for hydroxylation is 1. The van der Waals surface area contributed by atoms with Crippen molar-refractivity contribution in [3.8, 4) is 0 Å². The van der Waals surface area contributed by atoms with Gasteiger partial charge in [0.2, 0.25) is 5.91 Å². The van der Waals surface area contributed by atoms with E-state index in [0.717, 1.165) is 29.8 Å². The van der Waals surface area contributed by atoms with E-state index in [2.05, 4.69) is 37.3 Å². The number of hydrogen-bond donors (Lipinski definition) is 1. The highest BCUT2D eigenvalue weighted by atomic mass is 16.2. The third-order valence-electron chi connectivity index (χ3n) is 6.00. The predicted octanol–water partition coefficient (Wildman–Crippen LogP) is 2.78. The summed E-state index contributed by atoms with van der Waals surface area (Å²) in [7, 11) is 0. The number of pyridine rings is 1. The van der Waals surface area contributed by atoms with Gasteiger partial charge in [0, 0.05) is 63.8 Å². The van der Waals surface area contributed by atoms with Gasteiger partial charge >= 0.3 is 0 Å². The number of benzene rings is 1. The first-order valence-electron chi connectivity index (χ1n) is 11.6. The van der Waals surface area contributed by atoms with Gasteiger partial charge in [0.1, 0.15) is 5.69 Å². The van der Waals surface area contributed by atoms with Crippen molar-refractivity contribution in [2.24, 2.45) is 0 Å². The standard InChI is InChI=1S/C26H30N6O2/c1-20-17-30-23(18-29-20)26(34)31-13-5-14-32(19-21-8-10-27-11-9-21)24(16-25(33)28-12-15-31)22-6-3-2-4-7-22/h2-4,6-11,17-18,24H,5,12-16,19H2,1H3,(H,28,33). The van der Waals surface area contributed by atoms with Crippen molar-refractivity contribution in [2.45, 2.75) is 32.4 Å². The minimum absolute atomic E-state index is 0.0296. The van der Waals surface area contributed by atoms with E-state index < -0.39 is 0 Å². The summed E-state index contributed by atoms with van der Waals surface area (Å²) in [6, 6.07) is 14.1. The number of amides is 2. The molecule has 1 unspecified atom stereocenters. The van der Waals surface area contributed by atoms with Crippen LogP contribution in [0.5, 0.6) is 0 Å². The third kappa shape index (κ3) is 6.23. The lowest BCUT2D eigenvalue weighted by molar-refractivity contribution is -0.122. The van der Waals surface area contributed by atoms with E-state index in [1.54, 1.807) is 23.5 Å². The lowest BCUT2D eigenvalue weighted by Gasteiger charge is -2.32. The number of carbonyl (C=O) groups excluding carboxylic acids is 2. The van der Waals surface area contributed by atoms with Crippen LogP contribution in [0.15, 0.2) is 67.3 Å². The van der Waals surface area contributed by atoms with Gasteiger partial charge < -0.3 is 10.2 Å². The maximum Gasteiger partial charge on any atom is 0.274 e. The molecule has 0 spiro atoms. The zero-order valence-corrected chi connectivity index (χ0v) is 19.4. The van der Waals surface area contributed by atoms with Crippen LogP contribution in [0.1, 0.15) is 46.2 Å². The van der Waals surface area contributed by atoms with Crippen molar-refractivity contribution >= 4 is 11.8 Å². The Morgan fingerprint density at radius 1 is 1.03 bits per heavy atom.